The highest BCUT2D eigenvalue weighted by atomic mass is 16.5. The van der Waals surface area contributed by atoms with Crippen LogP contribution in [0.3, 0.4) is 0 Å². The first kappa shape index (κ1) is 28.1. The molecule has 0 spiro atoms. The normalized spacial score (nSPS) is 11.0. The largest absolute Gasteiger partial charge is 0.497 e. The quantitative estimate of drug-likeness (QED) is 0.284. The van der Waals surface area contributed by atoms with Crippen LogP contribution in [0.2, 0.25) is 0 Å². The van der Waals surface area contributed by atoms with E-state index in [1.807, 2.05) is 48.4 Å². The average Bonchev–Trinajstić information content (AvgIpc) is 3.45. The van der Waals surface area contributed by atoms with E-state index in [2.05, 4.69) is 22.0 Å². The SMILES string of the molecule is COc1cccc(CN(Cc2ccco2)Cc2cncn2C)c1.O=C(O)CC(O)(CC(=O)O)C(=O)O. The summed E-state index contributed by atoms with van der Waals surface area (Å²) < 4.78 is 12.9. The second-order valence-corrected chi connectivity index (χ2v) is 8.05. The van der Waals surface area contributed by atoms with E-state index in [9.17, 15) is 14.4 Å². The smallest absolute Gasteiger partial charge is 0.336 e. The molecule has 1 aromatic carbocycles. The van der Waals surface area contributed by atoms with Crippen LogP contribution in [0.15, 0.2) is 59.6 Å². The highest BCUT2D eigenvalue weighted by Gasteiger charge is 2.40. The molecule has 36 heavy (non-hydrogen) atoms. The number of hydrogen-bond donors (Lipinski definition) is 4. The maximum absolute atomic E-state index is 10.3. The Morgan fingerprint density at radius 2 is 1.75 bits per heavy atom. The first-order valence-electron chi connectivity index (χ1n) is 10.7. The van der Waals surface area contributed by atoms with Gasteiger partial charge in [0.2, 0.25) is 0 Å². The number of rotatable bonds is 12. The van der Waals surface area contributed by atoms with Gasteiger partial charge in [0.05, 0.1) is 44.8 Å². The van der Waals surface area contributed by atoms with E-state index in [0.29, 0.717) is 0 Å². The minimum absolute atomic E-state index is 0.745. The number of carboxylic acid groups (broad SMARTS) is 3. The minimum atomic E-state index is -2.74. The Morgan fingerprint density at radius 3 is 2.25 bits per heavy atom. The molecule has 0 saturated carbocycles. The summed E-state index contributed by atoms with van der Waals surface area (Å²) in [4.78, 5) is 37.0. The van der Waals surface area contributed by atoms with E-state index < -0.39 is 36.4 Å². The van der Waals surface area contributed by atoms with Crippen molar-refractivity contribution in [2.24, 2.45) is 7.05 Å². The fraction of sp³-hybridized carbons (Fsp3) is 0.333. The number of ether oxygens (including phenoxy) is 1. The number of hydrogen-bond acceptors (Lipinski definition) is 8. The van der Waals surface area contributed by atoms with Gasteiger partial charge in [0.15, 0.2) is 5.60 Å². The summed E-state index contributed by atoms with van der Waals surface area (Å²) in [6.45, 7) is 2.35. The number of aromatic nitrogens is 2. The molecule has 0 aliphatic heterocycles. The summed E-state index contributed by atoms with van der Waals surface area (Å²) in [5.41, 5.74) is -0.366. The van der Waals surface area contributed by atoms with Gasteiger partial charge in [-0.05, 0) is 29.8 Å². The number of carbonyl (C=O) groups is 3. The van der Waals surface area contributed by atoms with Crippen LogP contribution in [0.5, 0.6) is 5.75 Å². The van der Waals surface area contributed by atoms with Crippen molar-refractivity contribution in [3.05, 3.63) is 72.2 Å². The molecule has 0 aliphatic rings. The Balaban J connectivity index is 0.000000302. The third-order valence-electron chi connectivity index (χ3n) is 5.09. The second kappa shape index (κ2) is 13.1. The van der Waals surface area contributed by atoms with Gasteiger partial charge < -0.3 is 34.1 Å². The summed E-state index contributed by atoms with van der Waals surface area (Å²) in [5.74, 6) is -3.19. The van der Waals surface area contributed by atoms with E-state index in [1.54, 1.807) is 13.4 Å². The van der Waals surface area contributed by atoms with Crippen LogP contribution in [0.25, 0.3) is 0 Å². The predicted molar refractivity (Wildman–Crippen MR) is 125 cm³/mol. The molecule has 3 rings (SSSR count). The predicted octanol–water partition coefficient (Wildman–Crippen LogP) is 1.98. The van der Waals surface area contributed by atoms with Gasteiger partial charge in [0.1, 0.15) is 11.5 Å². The van der Waals surface area contributed by atoms with E-state index in [4.69, 9.17) is 29.6 Å². The van der Waals surface area contributed by atoms with Gasteiger partial charge in [-0.15, -0.1) is 0 Å². The molecule has 4 N–H and O–H groups in total. The monoisotopic (exact) mass is 503 g/mol. The van der Waals surface area contributed by atoms with Crippen molar-refractivity contribution in [1.82, 2.24) is 14.5 Å². The topological polar surface area (TPSA) is 176 Å². The highest BCUT2D eigenvalue weighted by Crippen LogP contribution is 2.18. The number of furan rings is 1. The molecule has 0 bridgehead atoms. The lowest BCUT2D eigenvalue weighted by Gasteiger charge is -2.21. The zero-order chi connectivity index (χ0) is 26.7. The molecular formula is C24H29N3O9. The maximum atomic E-state index is 10.3. The Kier molecular flexibility index (Phi) is 10.2. The lowest BCUT2D eigenvalue weighted by Crippen LogP contribution is -2.42. The lowest BCUT2D eigenvalue weighted by molar-refractivity contribution is -0.170. The number of aliphatic carboxylic acids is 3. The van der Waals surface area contributed by atoms with Crippen LogP contribution in [0.4, 0.5) is 0 Å². The van der Waals surface area contributed by atoms with Gasteiger partial charge in [0, 0.05) is 26.3 Å². The van der Waals surface area contributed by atoms with E-state index in [1.165, 1.54) is 11.3 Å². The number of aliphatic hydroxyl groups is 1. The molecule has 2 aromatic heterocycles. The summed E-state index contributed by atoms with van der Waals surface area (Å²) >= 11 is 0. The molecule has 12 nitrogen and oxygen atoms in total. The molecule has 194 valence electrons. The summed E-state index contributed by atoms with van der Waals surface area (Å²) in [5, 5.41) is 33.8. The Labute approximate surface area is 207 Å². The molecule has 0 amide bonds. The highest BCUT2D eigenvalue weighted by molar-refractivity contribution is 5.88. The molecule has 0 radical (unpaired) electrons. The molecule has 3 aromatic rings. The minimum Gasteiger partial charge on any atom is -0.497 e. The van der Waals surface area contributed by atoms with Gasteiger partial charge in [-0.1, -0.05) is 12.1 Å². The number of carboxylic acids is 3. The second-order valence-electron chi connectivity index (χ2n) is 8.05. The number of imidazole rings is 1. The first-order chi connectivity index (χ1) is 17.0. The number of benzene rings is 1. The molecule has 0 atom stereocenters. The standard InChI is InChI=1S/C18H21N3O2.C6H8O7/c1-20-14-19-10-16(20)12-21(13-18-7-4-8-23-18)11-15-5-3-6-17(9-15)22-2;7-3(8)1-6(13,5(11)12)2-4(9)10/h3-10,14H,11-13H2,1-2H3;13H,1-2H2,(H,7,8)(H,9,10)(H,11,12). The van der Waals surface area contributed by atoms with Gasteiger partial charge in [0.25, 0.3) is 0 Å². The third kappa shape index (κ3) is 8.89. The molecule has 0 saturated heterocycles. The van der Waals surface area contributed by atoms with Crippen molar-refractivity contribution in [1.29, 1.82) is 0 Å². The van der Waals surface area contributed by atoms with Crippen molar-refractivity contribution >= 4 is 17.9 Å². The molecule has 2 heterocycles. The molecule has 0 fully saturated rings. The van der Waals surface area contributed by atoms with E-state index in [0.717, 1.165) is 31.1 Å². The first-order valence-corrected chi connectivity index (χ1v) is 10.7. The van der Waals surface area contributed by atoms with Crippen molar-refractivity contribution in [2.45, 2.75) is 38.1 Å². The van der Waals surface area contributed by atoms with Gasteiger partial charge in [-0.3, -0.25) is 14.5 Å². The van der Waals surface area contributed by atoms with Crippen molar-refractivity contribution in [3.63, 3.8) is 0 Å². The Bertz CT molecular complexity index is 1130. The van der Waals surface area contributed by atoms with Crippen molar-refractivity contribution < 1.29 is 44.0 Å². The van der Waals surface area contributed by atoms with Crippen LogP contribution in [-0.4, -0.2) is 65.5 Å². The van der Waals surface area contributed by atoms with E-state index in [-0.39, 0.29) is 0 Å². The van der Waals surface area contributed by atoms with Crippen molar-refractivity contribution in [3.8, 4) is 5.75 Å². The summed E-state index contributed by atoms with van der Waals surface area (Å²) in [6, 6.07) is 12.1. The van der Waals surface area contributed by atoms with E-state index >= 15 is 0 Å². The van der Waals surface area contributed by atoms with Crippen LogP contribution >= 0.6 is 0 Å². The Hall–Kier alpha value is -4.16. The lowest BCUT2D eigenvalue weighted by atomic mass is 9.96. The van der Waals surface area contributed by atoms with Gasteiger partial charge in [-0.25, -0.2) is 9.78 Å². The van der Waals surface area contributed by atoms with Crippen LogP contribution in [0, 0.1) is 0 Å². The zero-order valence-electron chi connectivity index (χ0n) is 19.9. The summed E-state index contributed by atoms with van der Waals surface area (Å²) in [6.07, 6.45) is 3.15. The van der Waals surface area contributed by atoms with Gasteiger partial charge in [-0.2, -0.15) is 0 Å². The molecule has 0 aliphatic carbocycles. The van der Waals surface area contributed by atoms with Crippen molar-refractivity contribution in [2.75, 3.05) is 7.11 Å². The summed E-state index contributed by atoms with van der Waals surface area (Å²) in [7, 11) is 3.70. The fourth-order valence-corrected chi connectivity index (χ4v) is 3.30. The molecule has 0 unspecified atom stereocenters. The molecular weight excluding hydrogens is 474 g/mol. The average molecular weight is 504 g/mol. The fourth-order valence-electron chi connectivity index (χ4n) is 3.30. The zero-order valence-corrected chi connectivity index (χ0v) is 19.9. The van der Waals surface area contributed by atoms with Crippen LogP contribution in [0.1, 0.15) is 29.9 Å². The number of methoxy groups -OCH3 is 1. The number of aryl methyl sites for hydroxylation is 1. The maximum Gasteiger partial charge on any atom is 0.336 e. The van der Waals surface area contributed by atoms with Gasteiger partial charge >= 0.3 is 17.9 Å². The van der Waals surface area contributed by atoms with Crippen LogP contribution in [-0.2, 0) is 41.1 Å². The number of nitrogens with zero attached hydrogens (tertiary/aromatic N) is 3. The Morgan fingerprint density at radius 1 is 1.06 bits per heavy atom. The molecule has 12 heteroatoms. The van der Waals surface area contributed by atoms with Crippen LogP contribution < -0.4 is 4.74 Å². The third-order valence-corrected chi connectivity index (χ3v) is 5.09.